The van der Waals surface area contributed by atoms with Gasteiger partial charge in [-0.25, -0.2) is 9.97 Å². The fourth-order valence-corrected chi connectivity index (χ4v) is 6.95. The molecule has 3 heterocycles. The van der Waals surface area contributed by atoms with Gasteiger partial charge in [-0.2, -0.15) is 0 Å². The minimum Gasteiger partial charge on any atom is -0.345 e. The lowest BCUT2D eigenvalue weighted by atomic mass is 10.0. The van der Waals surface area contributed by atoms with Crippen molar-refractivity contribution in [1.82, 2.24) is 45.6 Å². The van der Waals surface area contributed by atoms with Crippen LogP contribution in [-0.2, 0) is 36.9 Å². The summed E-state index contributed by atoms with van der Waals surface area (Å²) in [6.45, 7) is 6.67. The first kappa shape index (κ1) is 39.6. The van der Waals surface area contributed by atoms with E-state index in [1.165, 1.54) is 35.0 Å². The van der Waals surface area contributed by atoms with Crippen LogP contribution in [0.1, 0.15) is 61.2 Å². The molecule has 6 amide bonds. The molecule has 0 spiro atoms. The molecule has 0 saturated carbocycles. The van der Waals surface area contributed by atoms with Crippen molar-refractivity contribution in [3.8, 4) is 0 Å². The number of rotatable bonds is 6. The number of para-hydroxylation sites is 2. The van der Waals surface area contributed by atoms with Gasteiger partial charge in [0.05, 0.1) is 29.9 Å². The minimum atomic E-state index is -1.02. The summed E-state index contributed by atoms with van der Waals surface area (Å²) in [5, 5.41) is 13.1. The molecule has 0 radical (unpaired) electrons. The van der Waals surface area contributed by atoms with Gasteiger partial charge in [-0.1, -0.05) is 56.3 Å². The summed E-state index contributed by atoms with van der Waals surface area (Å²) in [6, 6.07) is 13.4. The smallest absolute Gasteiger partial charge is 0.271 e. The highest BCUT2D eigenvalue weighted by atomic mass is 32.1. The monoisotopic (exact) mass is 757 g/mol. The van der Waals surface area contributed by atoms with Crippen molar-refractivity contribution in [3.05, 3.63) is 82.6 Å². The van der Waals surface area contributed by atoms with Gasteiger partial charge >= 0.3 is 0 Å². The van der Waals surface area contributed by atoms with Crippen LogP contribution in [0.15, 0.2) is 66.3 Å². The quantitative estimate of drug-likeness (QED) is 0.230. The topological polar surface area (TPSA) is 188 Å². The molecular formula is C38H47N9O6S. The number of nitrogens with zero attached hydrogens (tertiary/aromatic N) is 5. The van der Waals surface area contributed by atoms with Crippen molar-refractivity contribution < 1.29 is 28.8 Å². The van der Waals surface area contributed by atoms with Crippen molar-refractivity contribution in [3.63, 3.8) is 0 Å². The first-order valence-corrected chi connectivity index (χ1v) is 18.8. The fraction of sp³-hybridized carbons (Fsp3) is 0.421. The molecule has 2 aromatic carbocycles. The Bertz CT molecular complexity index is 1980. The van der Waals surface area contributed by atoms with Crippen LogP contribution >= 0.6 is 11.3 Å². The Morgan fingerprint density at radius 3 is 2.35 bits per heavy atom. The van der Waals surface area contributed by atoms with Gasteiger partial charge in [-0.05, 0) is 43.9 Å². The maximum absolute atomic E-state index is 13.8. The molecule has 4 aromatic rings. The number of nitrogens with one attached hydrogen (secondary N) is 4. The molecule has 1 aliphatic rings. The third kappa shape index (κ3) is 10.1. The lowest BCUT2D eigenvalue weighted by Crippen LogP contribution is -2.57. The average Bonchev–Trinajstić information content (AvgIpc) is 3.81. The van der Waals surface area contributed by atoms with E-state index in [-0.39, 0.29) is 43.6 Å². The second-order valence-electron chi connectivity index (χ2n) is 13.8. The van der Waals surface area contributed by atoms with Crippen LogP contribution in [0, 0.1) is 5.92 Å². The first-order valence-electron chi connectivity index (χ1n) is 17.9. The molecule has 5 rings (SSSR count). The number of fused-ring (bicyclic) bond motifs is 3. The molecule has 2 bridgehead atoms. The number of aryl methyl sites for hydroxylation is 1. The van der Waals surface area contributed by atoms with Crippen molar-refractivity contribution in [2.75, 3.05) is 26.7 Å². The number of carbonyl (C=O) groups is 6. The van der Waals surface area contributed by atoms with Gasteiger partial charge in [0, 0.05) is 38.5 Å². The number of likely N-dealkylation sites (N-methyl/N-ethyl adjacent to an activating group) is 1. The van der Waals surface area contributed by atoms with E-state index in [4.69, 9.17) is 0 Å². The molecule has 4 N–H and O–H groups in total. The van der Waals surface area contributed by atoms with E-state index >= 15 is 0 Å². The molecule has 1 aliphatic heterocycles. The Morgan fingerprint density at radius 2 is 1.61 bits per heavy atom. The van der Waals surface area contributed by atoms with E-state index in [1.54, 1.807) is 32.6 Å². The maximum atomic E-state index is 13.8. The second kappa shape index (κ2) is 17.9. The lowest BCUT2D eigenvalue weighted by Gasteiger charge is -2.29. The van der Waals surface area contributed by atoms with E-state index in [0.29, 0.717) is 18.0 Å². The normalized spacial score (nSPS) is 21.3. The molecule has 286 valence electrons. The molecule has 54 heavy (non-hydrogen) atoms. The predicted octanol–water partition coefficient (Wildman–Crippen LogP) is 2.05. The second-order valence-corrected chi connectivity index (χ2v) is 14.7. The largest absolute Gasteiger partial charge is 0.345 e. The summed E-state index contributed by atoms with van der Waals surface area (Å²) in [5.74, 6) is -3.28. The zero-order valence-electron chi connectivity index (χ0n) is 31.1. The standard InChI is InChI=1S/C38H47N9O6S/c1-23(2)33-36(52)41-25(4)38(53)45(5)17-18-46(32(49)15-16-47-22-39-27-13-9-10-14-30(27)47)20-31(48)42-28(19-26-11-7-6-8-12-26)37-43-29(21-54-37)35(51)40-24(3)34(50)44-33/h6-14,21-25,28,33H,15-20H2,1-5H3,(H,40,51)(H,41,52)(H,42,48)(H,44,50)/t24-,25+,28-,33-/m0/s1. The van der Waals surface area contributed by atoms with Crippen LogP contribution in [0.3, 0.4) is 0 Å². The SMILES string of the molecule is CC(C)[C@@H]1NC(=O)[C@H](C)NC(=O)c2csc(n2)[C@H](Cc2ccccc2)NC(=O)CN(C(=O)CCn2cnc3ccccc32)CCN(C)C(=O)[C@@H](C)NC1=O. The van der Waals surface area contributed by atoms with Gasteiger partial charge in [0.15, 0.2) is 0 Å². The van der Waals surface area contributed by atoms with Crippen molar-refractivity contribution in [1.29, 1.82) is 0 Å². The Balaban J connectivity index is 1.43. The van der Waals surface area contributed by atoms with Gasteiger partial charge in [-0.3, -0.25) is 28.8 Å². The van der Waals surface area contributed by atoms with E-state index in [1.807, 2.05) is 59.2 Å². The first-order chi connectivity index (χ1) is 25.8. The fourth-order valence-electron chi connectivity index (χ4n) is 6.10. The number of aromatic nitrogens is 3. The van der Waals surface area contributed by atoms with Gasteiger partial charge < -0.3 is 35.6 Å². The van der Waals surface area contributed by atoms with Gasteiger partial charge in [-0.15, -0.1) is 11.3 Å². The number of thiazole rings is 1. The molecule has 2 aromatic heterocycles. The average molecular weight is 758 g/mol. The zero-order chi connectivity index (χ0) is 38.9. The van der Waals surface area contributed by atoms with Crippen LogP contribution < -0.4 is 21.3 Å². The van der Waals surface area contributed by atoms with Crippen LogP contribution in [0.2, 0.25) is 0 Å². The van der Waals surface area contributed by atoms with Crippen LogP contribution in [0.5, 0.6) is 0 Å². The Morgan fingerprint density at radius 1 is 0.889 bits per heavy atom. The van der Waals surface area contributed by atoms with E-state index in [0.717, 1.165) is 16.6 Å². The molecular weight excluding hydrogens is 711 g/mol. The van der Waals surface area contributed by atoms with Crippen molar-refractivity contribution in [2.45, 2.75) is 71.2 Å². The zero-order valence-corrected chi connectivity index (χ0v) is 31.9. The number of amides is 6. The Hall–Kier alpha value is -5.64. The number of carbonyl (C=O) groups excluding carboxylic acids is 6. The summed E-state index contributed by atoms with van der Waals surface area (Å²) in [4.78, 5) is 92.6. The number of hydrogen-bond donors (Lipinski definition) is 4. The Labute approximate surface area is 317 Å². The van der Waals surface area contributed by atoms with E-state index < -0.39 is 53.7 Å². The van der Waals surface area contributed by atoms with Crippen molar-refractivity contribution >= 4 is 57.8 Å². The minimum absolute atomic E-state index is 0.0350. The van der Waals surface area contributed by atoms with Gasteiger partial charge in [0.25, 0.3) is 5.91 Å². The van der Waals surface area contributed by atoms with Crippen LogP contribution in [-0.4, -0.2) is 105 Å². The van der Waals surface area contributed by atoms with Crippen LogP contribution in [0.25, 0.3) is 11.0 Å². The molecule has 15 nitrogen and oxygen atoms in total. The summed E-state index contributed by atoms with van der Waals surface area (Å²) in [5.41, 5.74) is 2.65. The van der Waals surface area contributed by atoms with Crippen molar-refractivity contribution in [2.24, 2.45) is 5.92 Å². The van der Waals surface area contributed by atoms with Gasteiger partial charge in [0.2, 0.25) is 29.5 Å². The number of hydrogen-bond acceptors (Lipinski definition) is 9. The van der Waals surface area contributed by atoms with Gasteiger partial charge in [0.1, 0.15) is 28.8 Å². The highest BCUT2D eigenvalue weighted by Gasteiger charge is 2.31. The molecule has 16 heteroatoms. The predicted molar refractivity (Wildman–Crippen MR) is 203 cm³/mol. The molecule has 0 saturated heterocycles. The summed E-state index contributed by atoms with van der Waals surface area (Å²) in [7, 11) is 1.56. The highest BCUT2D eigenvalue weighted by Crippen LogP contribution is 2.23. The lowest BCUT2D eigenvalue weighted by molar-refractivity contribution is -0.139. The number of imidazole rings is 1. The number of benzene rings is 2. The Kier molecular flexibility index (Phi) is 13.1. The highest BCUT2D eigenvalue weighted by molar-refractivity contribution is 7.09. The van der Waals surface area contributed by atoms with Crippen LogP contribution in [0.4, 0.5) is 0 Å². The summed E-state index contributed by atoms with van der Waals surface area (Å²) < 4.78 is 1.88. The van der Waals surface area contributed by atoms with E-state index in [2.05, 4.69) is 31.2 Å². The summed E-state index contributed by atoms with van der Waals surface area (Å²) >= 11 is 1.19. The third-order valence-corrected chi connectivity index (χ3v) is 10.2. The molecule has 0 unspecified atom stereocenters. The summed E-state index contributed by atoms with van der Waals surface area (Å²) in [6.07, 6.45) is 2.09. The molecule has 4 atom stereocenters. The third-order valence-electron chi connectivity index (χ3n) is 9.25. The maximum Gasteiger partial charge on any atom is 0.271 e. The molecule has 0 fully saturated rings. The molecule has 0 aliphatic carbocycles. The van der Waals surface area contributed by atoms with E-state index in [9.17, 15) is 28.8 Å².